The first-order chi connectivity index (χ1) is 11.9. The molecule has 2 nitrogen and oxygen atoms in total. The van der Waals surface area contributed by atoms with E-state index in [1.54, 1.807) is 0 Å². The number of aliphatic imine (C=N–C) groups is 1. The average molecular weight is 332 g/mol. The van der Waals surface area contributed by atoms with E-state index in [0.29, 0.717) is 0 Å². The molecule has 1 aliphatic rings. The Morgan fingerprint density at radius 3 is 2.60 bits per heavy atom. The van der Waals surface area contributed by atoms with Crippen LogP contribution in [0.4, 0.5) is 11.4 Å². The molecule has 1 aliphatic heterocycles. The predicted molar refractivity (Wildman–Crippen MR) is 110 cm³/mol. The maximum absolute atomic E-state index is 4.64. The molecule has 2 aromatic rings. The van der Waals surface area contributed by atoms with Crippen molar-refractivity contribution in [2.45, 2.75) is 46.6 Å². The summed E-state index contributed by atoms with van der Waals surface area (Å²) in [5.41, 5.74) is 7.43. The van der Waals surface area contributed by atoms with Crippen molar-refractivity contribution in [1.29, 1.82) is 0 Å². The lowest BCUT2D eigenvalue weighted by atomic mass is 9.88. The highest BCUT2D eigenvalue weighted by atomic mass is 15.2. The lowest BCUT2D eigenvalue weighted by Crippen LogP contribution is -2.45. The molecule has 1 heterocycles. The van der Waals surface area contributed by atoms with E-state index < -0.39 is 0 Å². The number of benzene rings is 2. The van der Waals surface area contributed by atoms with E-state index in [9.17, 15) is 0 Å². The number of rotatable bonds is 4. The fraction of sp³-hybridized carbons (Fsp3) is 0.348. The normalized spacial score (nSPS) is 16.0. The monoisotopic (exact) mass is 332 g/mol. The van der Waals surface area contributed by atoms with Gasteiger partial charge in [0.05, 0.1) is 11.2 Å². The zero-order valence-corrected chi connectivity index (χ0v) is 16.0. The number of aryl methyl sites for hydroxylation is 1. The summed E-state index contributed by atoms with van der Waals surface area (Å²) in [4.78, 5) is 7.15. The van der Waals surface area contributed by atoms with E-state index in [1.807, 2.05) is 18.3 Å². The number of hydrogen-bond acceptors (Lipinski definition) is 2. The van der Waals surface area contributed by atoms with Crippen molar-refractivity contribution < 1.29 is 0 Å². The second kappa shape index (κ2) is 6.87. The molecule has 0 spiro atoms. The van der Waals surface area contributed by atoms with Crippen molar-refractivity contribution in [2.24, 2.45) is 4.99 Å². The molecule has 0 N–H and O–H groups in total. The third kappa shape index (κ3) is 3.68. The fourth-order valence-electron chi connectivity index (χ4n) is 3.67. The molecule has 0 saturated carbocycles. The summed E-state index contributed by atoms with van der Waals surface area (Å²) in [6.45, 7) is 12.2. The van der Waals surface area contributed by atoms with Gasteiger partial charge in [-0.2, -0.15) is 0 Å². The summed E-state index contributed by atoms with van der Waals surface area (Å²) < 4.78 is 0. The van der Waals surface area contributed by atoms with Crippen LogP contribution in [0.2, 0.25) is 0 Å². The maximum Gasteiger partial charge on any atom is 0.0632 e. The van der Waals surface area contributed by atoms with Gasteiger partial charge in [0.25, 0.3) is 0 Å². The van der Waals surface area contributed by atoms with E-state index >= 15 is 0 Å². The summed E-state index contributed by atoms with van der Waals surface area (Å²) in [6.07, 6.45) is 5.49. The molecule has 0 bridgehead atoms. The summed E-state index contributed by atoms with van der Waals surface area (Å²) >= 11 is 0. The minimum Gasteiger partial charge on any atom is -0.362 e. The molecule has 130 valence electrons. The molecule has 0 unspecified atom stereocenters. The molecule has 0 fully saturated rings. The lowest BCUT2D eigenvalue weighted by Gasteiger charge is -2.43. The topological polar surface area (TPSA) is 15.6 Å². The number of allylic oxidation sites excluding steroid dienone is 1. The Bertz CT molecular complexity index is 828. The van der Waals surface area contributed by atoms with Crippen LogP contribution in [0, 0.1) is 6.92 Å². The fourth-order valence-corrected chi connectivity index (χ4v) is 3.67. The van der Waals surface area contributed by atoms with Crippen molar-refractivity contribution in [3.8, 4) is 0 Å². The minimum atomic E-state index is 0.0598. The number of nitrogens with zero attached hydrogens (tertiary/aromatic N) is 2. The minimum absolute atomic E-state index is 0.0598. The Morgan fingerprint density at radius 1 is 1.08 bits per heavy atom. The van der Waals surface area contributed by atoms with Crippen molar-refractivity contribution >= 4 is 23.2 Å². The van der Waals surface area contributed by atoms with Gasteiger partial charge < -0.3 is 4.90 Å². The Hall–Kier alpha value is -2.35. The highest BCUT2D eigenvalue weighted by Crippen LogP contribution is 2.39. The third-order valence-electron chi connectivity index (χ3n) is 4.81. The van der Waals surface area contributed by atoms with Crippen LogP contribution in [0.1, 0.15) is 50.8 Å². The van der Waals surface area contributed by atoms with Gasteiger partial charge >= 0.3 is 0 Å². The molecule has 0 aromatic heterocycles. The van der Waals surface area contributed by atoms with Gasteiger partial charge in [0.1, 0.15) is 0 Å². The first-order valence-electron chi connectivity index (χ1n) is 9.13. The summed E-state index contributed by atoms with van der Waals surface area (Å²) in [6, 6.07) is 15.0. The molecule has 0 aliphatic carbocycles. The Labute approximate surface area is 151 Å². The van der Waals surface area contributed by atoms with Gasteiger partial charge in [0, 0.05) is 24.0 Å². The quantitative estimate of drug-likeness (QED) is 0.612. The summed E-state index contributed by atoms with van der Waals surface area (Å²) in [5, 5.41) is 0. The molecule has 0 amide bonds. The standard InChI is InChI=1S/C23H28N2/c1-6-12-25-22-11-10-19(14-21(22)18(3)15-23(25,4)5)16-24-20-9-7-8-17(2)13-20/h7-11,13-16H,6,12H2,1-5H3. The molecule has 3 rings (SSSR count). The molecule has 25 heavy (non-hydrogen) atoms. The van der Waals surface area contributed by atoms with Gasteiger partial charge in [-0.1, -0.05) is 31.2 Å². The Kier molecular flexibility index (Phi) is 4.80. The van der Waals surface area contributed by atoms with Crippen LogP contribution in [-0.2, 0) is 0 Å². The van der Waals surface area contributed by atoms with E-state index in [-0.39, 0.29) is 5.54 Å². The van der Waals surface area contributed by atoms with Crippen molar-refractivity contribution in [3.63, 3.8) is 0 Å². The van der Waals surface area contributed by atoms with Gasteiger partial charge in [-0.05, 0) is 75.1 Å². The number of anilines is 1. The van der Waals surface area contributed by atoms with Crippen molar-refractivity contribution in [2.75, 3.05) is 11.4 Å². The van der Waals surface area contributed by atoms with Crippen LogP contribution < -0.4 is 4.90 Å². The van der Waals surface area contributed by atoms with Gasteiger partial charge in [0.2, 0.25) is 0 Å². The van der Waals surface area contributed by atoms with Crippen molar-refractivity contribution in [3.05, 3.63) is 65.2 Å². The molecular formula is C23H28N2. The molecule has 0 saturated heterocycles. The molecule has 2 heteroatoms. The van der Waals surface area contributed by atoms with E-state index in [0.717, 1.165) is 24.2 Å². The molecular weight excluding hydrogens is 304 g/mol. The van der Waals surface area contributed by atoms with Crippen LogP contribution in [0.15, 0.2) is 53.5 Å². The van der Waals surface area contributed by atoms with Gasteiger partial charge in [-0.3, -0.25) is 4.99 Å². The average Bonchev–Trinajstić information content (AvgIpc) is 2.56. The van der Waals surface area contributed by atoms with Gasteiger partial charge in [-0.25, -0.2) is 0 Å². The van der Waals surface area contributed by atoms with E-state index in [1.165, 1.54) is 22.4 Å². The summed E-state index contributed by atoms with van der Waals surface area (Å²) in [7, 11) is 0. The Morgan fingerprint density at radius 2 is 1.88 bits per heavy atom. The molecule has 2 aromatic carbocycles. The van der Waals surface area contributed by atoms with Crippen LogP contribution >= 0.6 is 0 Å². The second-order valence-electron chi connectivity index (χ2n) is 7.51. The number of fused-ring (bicyclic) bond motifs is 1. The Balaban J connectivity index is 1.95. The lowest BCUT2D eigenvalue weighted by molar-refractivity contribution is 0.550. The van der Waals surface area contributed by atoms with Crippen LogP contribution in [0.3, 0.4) is 0 Å². The first kappa shape index (κ1) is 17.5. The molecule has 0 atom stereocenters. The number of hydrogen-bond donors (Lipinski definition) is 0. The highest BCUT2D eigenvalue weighted by Gasteiger charge is 2.30. The van der Waals surface area contributed by atoms with Crippen LogP contribution in [0.5, 0.6) is 0 Å². The van der Waals surface area contributed by atoms with E-state index in [2.05, 4.69) is 80.9 Å². The first-order valence-corrected chi connectivity index (χ1v) is 9.13. The van der Waals surface area contributed by atoms with Crippen LogP contribution in [0.25, 0.3) is 5.57 Å². The van der Waals surface area contributed by atoms with Crippen molar-refractivity contribution in [1.82, 2.24) is 0 Å². The smallest absolute Gasteiger partial charge is 0.0632 e. The maximum atomic E-state index is 4.64. The van der Waals surface area contributed by atoms with E-state index in [4.69, 9.17) is 0 Å². The second-order valence-corrected chi connectivity index (χ2v) is 7.51. The third-order valence-corrected chi connectivity index (χ3v) is 4.81. The molecule has 0 radical (unpaired) electrons. The van der Waals surface area contributed by atoms with Gasteiger partial charge in [-0.15, -0.1) is 0 Å². The van der Waals surface area contributed by atoms with Gasteiger partial charge in [0.15, 0.2) is 0 Å². The summed E-state index contributed by atoms with van der Waals surface area (Å²) in [5.74, 6) is 0. The zero-order chi connectivity index (χ0) is 18.0. The highest BCUT2D eigenvalue weighted by molar-refractivity contribution is 5.88. The zero-order valence-electron chi connectivity index (χ0n) is 16.0. The predicted octanol–water partition coefficient (Wildman–Crippen LogP) is 6.16. The largest absolute Gasteiger partial charge is 0.362 e. The van der Waals surface area contributed by atoms with Crippen LogP contribution in [-0.4, -0.2) is 18.3 Å². The SMILES string of the molecule is CCCN1c2ccc(C=Nc3cccc(C)c3)cc2C(C)=CC1(C)C.